The number of rotatable bonds is 8. The van der Waals surface area contributed by atoms with E-state index in [-0.39, 0.29) is 12.5 Å². The van der Waals surface area contributed by atoms with Crippen LogP contribution >= 0.6 is 0 Å². The zero-order valence-electron chi connectivity index (χ0n) is 10.1. The topological polar surface area (TPSA) is 67.6 Å². The van der Waals surface area contributed by atoms with E-state index in [9.17, 15) is 4.79 Å². The van der Waals surface area contributed by atoms with Crippen LogP contribution in [0.4, 0.5) is 0 Å². The van der Waals surface area contributed by atoms with E-state index in [4.69, 9.17) is 9.84 Å². The fourth-order valence-electron chi connectivity index (χ4n) is 1.48. The van der Waals surface area contributed by atoms with Gasteiger partial charge in [-0.2, -0.15) is 5.10 Å². The van der Waals surface area contributed by atoms with Gasteiger partial charge in [0.2, 0.25) is 5.91 Å². The number of aliphatic hydroxyl groups is 1. The first-order chi connectivity index (χ1) is 8.27. The van der Waals surface area contributed by atoms with Crippen molar-refractivity contribution in [2.75, 3.05) is 33.4 Å². The molecule has 0 aliphatic carbocycles. The van der Waals surface area contributed by atoms with E-state index >= 15 is 0 Å². The predicted octanol–water partition coefficient (Wildman–Crippen LogP) is -0.259. The number of methoxy groups -OCH3 is 1. The van der Waals surface area contributed by atoms with Crippen molar-refractivity contribution in [3.05, 3.63) is 18.5 Å². The van der Waals surface area contributed by atoms with Crippen molar-refractivity contribution in [3.63, 3.8) is 0 Å². The molecule has 0 atom stereocenters. The summed E-state index contributed by atoms with van der Waals surface area (Å²) in [5.41, 5.74) is 0. The van der Waals surface area contributed by atoms with Gasteiger partial charge < -0.3 is 14.7 Å². The fourth-order valence-corrected chi connectivity index (χ4v) is 1.48. The summed E-state index contributed by atoms with van der Waals surface area (Å²) in [6.07, 6.45) is 3.88. The fraction of sp³-hybridized carbons (Fsp3) is 0.636. The second-order valence-electron chi connectivity index (χ2n) is 3.62. The molecule has 1 amide bonds. The third-order valence-electron chi connectivity index (χ3n) is 2.40. The lowest BCUT2D eigenvalue weighted by molar-refractivity contribution is -0.132. The van der Waals surface area contributed by atoms with Gasteiger partial charge in [-0.3, -0.25) is 9.48 Å². The van der Waals surface area contributed by atoms with Crippen LogP contribution < -0.4 is 0 Å². The molecule has 0 saturated heterocycles. The maximum atomic E-state index is 11.9. The first kappa shape index (κ1) is 13.7. The maximum Gasteiger partial charge on any atom is 0.224 e. The molecule has 0 spiro atoms. The minimum absolute atomic E-state index is 0.00611. The molecule has 1 aromatic rings. The molecule has 0 aromatic carbocycles. The number of hydrogen-bond acceptors (Lipinski definition) is 4. The van der Waals surface area contributed by atoms with Gasteiger partial charge in [-0.1, -0.05) is 0 Å². The van der Waals surface area contributed by atoms with Crippen molar-refractivity contribution in [1.29, 1.82) is 0 Å². The van der Waals surface area contributed by atoms with Gasteiger partial charge in [-0.15, -0.1) is 0 Å². The molecular formula is C11H19N3O3. The van der Waals surface area contributed by atoms with Crippen molar-refractivity contribution in [2.24, 2.45) is 0 Å². The molecule has 6 nitrogen and oxygen atoms in total. The lowest BCUT2D eigenvalue weighted by Crippen LogP contribution is -2.36. The number of amides is 1. The number of ether oxygens (including phenoxy) is 1. The number of aryl methyl sites for hydroxylation is 1. The van der Waals surface area contributed by atoms with Crippen molar-refractivity contribution in [2.45, 2.75) is 13.0 Å². The van der Waals surface area contributed by atoms with Crippen LogP contribution in [0.3, 0.4) is 0 Å². The smallest absolute Gasteiger partial charge is 0.224 e. The van der Waals surface area contributed by atoms with Crippen LogP contribution in [0, 0.1) is 0 Å². The Morgan fingerprint density at radius 2 is 2.35 bits per heavy atom. The molecule has 6 heteroatoms. The predicted molar refractivity (Wildman–Crippen MR) is 62.4 cm³/mol. The van der Waals surface area contributed by atoms with Crippen molar-refractivity contribution in [3.8, 4) is 0 Å². The zero-order chi connectivity index (χ0) is 12.5. The number of aliphatic hydroxyl groups excluding tert-OH is 1. The normalized spacial score (nSPS) is 10.5. The lowest BCUT2D eigenvalue weighted by atomic mass is 10.3. The van der Waals surface area contributed by atoms with Crippen LogP contribution in [0.25, 0.3) is 0 Å². The monoisotopic (exact) mass is 241 g/mol. The van der Waals surface area contributed by atoms with Gasteiger partial charge in [0, 0.05) is 45.6 Å². The van der Waals surface area contributed by atoms with Crippen molar-refractivity contribution >= 4 is 5.91 Å². The van der Waals surface area contributed by atoms with Crippen molar-refractivity contribution < 1.29 is 14.6 Å². The molecule has 1 rings (SSSR count). The number of aromatic nitrogens is 2. The number of carbonyl (C=O) groups is 1. The Bertz CT molecular complexity index is 314. The highest BCUT2D eigenvalue weighted by molar-refractivity contribution is 5.76. The summed E-state index contributed by atoms with van der Waals surface area (Å²) >= 11 is 0. The first-order valence-corrected chi connectivity index (χ1v) is 5.63. The molecule has 0 aliphatic rings. The van der Waals surface area contributed by atoms with Crippen LogP contribution in [0.5, 0.6) is 0 Å². The minimum Gasteiger partial charge on any atom is -0.395 e. The van der Waals surface area contributed by atoms with Gasteiger partial charge in [0.25, 0.3) is 0 Å². The molecule has 0 saturated carbocycles. The SMILES string of the molecule is COCCN(CCO)C(=O)CCn1cccn1. The Labute approximate surface area is 101 Å². The Kier molecular flexibility index (Phi) is 6.27. The van der Waals surface area contributed by atoms with E-state index in [1.807, 2.05) is 12.3 Å². The number of hydrogen-bond donors (Lipinski definition) is 1. The van der Waals surface area contributed by atoms with Gasteiger partial charge in [-0.05, 0) is 6.07 Å². The second kappa shape index (κ2) is 7.81. The molecule has 0 radical (unpaired) electrons. The summed E-state index contributed by atoms with van der Waals surface area (Å²) in [5.74, 6) is 0.00611. The van der Waals surface area contributed by atoms with Crippen LogP contribution in [0.2, 0.25) is 0 Å². The molecule has 96 valence electrons. The van der Waals surface area contributed by atoms with E-state index in [1.165, 1.54) is 0 Å². The Balaban J connectivity index is 2.35. The summed E-state index contributed by atoms with van der Waals surface area (Å²) < 4.78 is 6.64. The summed E-state index contributed by atoms with van der Waals surface area (Å²) in [6.45, 7) is 1.86. The molecule has 1 aromatic heterocycles. The molecular weight excluding hydrogens is 222 g/mol. The van der Waals surface area contributed by atoms with Gasteiger partial charge in [0.15, 0.2) is 0 Å². The Morgan fingerprint density at radius 1 is 1.53 bits per heavy atom. The third-order valence-corrected chi connectivity index (χ3v) is 2.40. The average molecular weight is 241 g/mol. The molecule has 0 bridgehead atoms. The maximum absolute atomic E-state index is 11.9. The highest BCUT2D eigenvalue weighted by Crippen LogP contribution is 1.97. The van der Waals surface area contributed by atoms with Crippen molar-refractivity contribution in [1.82, 2.24) is 14.7 Å². The van der Waals surface area contributed by atoms with Gasteiger partial charge in [0.1, 0.15) is 0 Å². The second-order valence-corrected chi connectivity index (χ2v) is 3.62. The van der Waals surface area contributed by atoms with Crippen LogP contribution in [-0.2, 0) is 16.1 Å². The molecule has 0 unspecified atom stereocenters. The highest BCUT2D eigenvalue weighted by Gasteiger charge is 2.12. The molecule has 1 N–H and O–H groups in total. The van der Waals surface area contributed by atoms with Crippen LogP contribution in [-0.4, -0.2) is 59.1 Å². The Hall–Kier alpha value is -1.40. The zero-order valence-corrected chi connectivity index (χ0v) is 10.1. The number of nitrogens with zero attached hydrogens (tertiary/aromatic N) is 3. The standard InChI is InChI=1S/C11H19N3O3/c1-17-10-8-13(7-9-15)11(16)3-6-14-5-2-4-12-14/h2,4-5,15H,3,6-10H2,1H3. The molecule has 1 heterocycles. The van der Waals surface area contributed by atoms with Gasteiger partial charge >= 0.3 is 0 Å². The van der Waals surface area contributed by atoms with E-state index < -0.39 is 0 Å². The minimum atomic E-state index is -0.0305. The van der Waals surface area contributed by atoms with Crippen LogP contribution in [0.15, 0.2) is 18.5 Å². The largest absolute Gasteiger partial charge is 0.395 e. The summed E-state index contributed by atoms with van der Waals surface area (Å²) in [5, 5.41) is 12.9. The lowest BCUT2D eigenvalue weighted by Gasteiger charge is -2.21. The average Bonchev–Trinajstić information content (AvgIpc) is 2.84. The Morgan fingerprint density at radius 3 is 2.94 bits per heavy atom. The number of carbonyl (C=O) groups excluding carboxylic acids is 1. The third kappa shape index (κ3) is 4.97. The first-order valence-electron chi connectivity index (χ1n) is 5.63. The van der Waals surface area contributed by atoms with E-state index in [0.717, 1.165) is 0 Å². The van der Waals surface area contributed by atoms with E-state index in [2.05, 4.69) is 5.10 Å². The van der Waals surface area contributed by atoms with Gasteiger partial charge in [0.05, 0.1) is 13.2 Å². The molecule has 17 heavy (non-hydrogen) atoms. The van der Waals surface area contributed by atoms with Crippen LogP contribution in [0.1, 0.15) is 6.42 Å². The summed E-state index contributed by atoms with van der Waals surface area (Å²) in [4.78, 5) is 13.5. The van der Waals surface area contributed by atoms with E-state index in [0.29, 0.717) is 32.7 Å². The highest BCUT2D eigenvalue weighted by atomic mass is 16.5. The molecule has 0 aliphatic heterocycles. The van der Waals surface area contributed by atoms with E-state index in [1.54, 1.807) is 22.9 Å². The van der Waals surface area contributed by atoms with Gasteiger partial charge in [-0.25, -0.2) is 0 Å². The summed E-state index contributed by atoms with van der Waals surface area (Å²) in [6, 6.07) is 1.82. The summed E-state index contributed by atoms with van der Waals surface area (Å²) in [7, 11) is 1.59. The quantitative estimate of drug-likeness (QED) is 0.681. The molecule has 0 fully saturated rings.